The molecule has 0 aliphatic rings. The van der Waals surface area contributed by atoms with Crippen LogP contribution in [0.15, 0.2) is 72.9 Å². The number of hydrogen-bond acceptors (Lipinski definition) is 3. The number of aromatic hydroxyl groups is 1. The summed E-state index contributed by atoms with van der Waals surface area (Å²) in [6, 6.07) is 17.8. The van der Waals surface area contributed by atoms with Crippen molar-refractivity contribution >= 4 is 16.7 Å². The number of benzene rings is 3. The molecule has 0 saturated heterocycles. The molecular weight excluding hydrogens is 360 g/mol. The number of phenolic OH excluding ortho intramolecular Hbond substituents is 1. The molecule has 3 aromatic rings. The van der Waals surface area contributed by atoms with Crippen LogP contribution >= 0.6 is 0 Å². The highest BCUT2D eigenvalue weighted by molar-refractivity contribution is 6.03. The predicted molar refractivity (Wildman–Crippen MR) is 117 cm³/mol. The van der Waals surface area contributed by atoms with Crippen molar-refractivity contribution in [2.45, 2.75) is 19.9 Å². The Bertz CT molecular complexity index is 1120. The lowest BCUT2D eigenvalue weighted by molar-refractivity contribution is 0.0933. The van der Waals surface area contributed by atoms with Crippen molar-refractivity contribution in [1.29, 1.82) is 0 Å². The van der Waals surface area contributed by atoms with Crippen LogP contribution in [0.3, 0.4) is 0 Å². The minimum atomic E-state index is -0.327. The first kappa shape index (κ1) is 20.0. The lowest BCUT2D eigenvalue weighted by atomic mass is 9.96. The van der Waals surface area contributed by atoms with Gasteiger partial charge in [0.25, 0.3) is 5.91 Å². The Balaban J connectivity index is 2.08. The smallest absolute Gasteiger partial charge is 0.253 e. The van der Waals surface area contributed by atoms with Gasteiger partial charge in [-0.05, 0) is 47.0 Å². The number of amides is 1. The third-order valence-electron chi connectivity index (χ3n) is 4.73. The predicted octanol–water partition coefficient (Wildman–Crippen LogP) is 4.17. The summed E-state index contributed by atoms with van der Waals surface area (Å²) < 4.78 is 0. The van der Waals surface area contributed by atoms with Crippen LogP contribution in [0, 0.1) is 17.8 Å². The van der Waals surface area contributed by atoms with Gasteiger partial charge in [-0.3, -0.25) is 4.79 Å². The monoisotopic (exact) mass is 384 g/mol. The van der Waals surface area contributed by atoms with E-state index in [9.17, 15) is 9.90 Å². The first-order valence-corrected chi connectivity index (χ1v) is 9.44. The Morgan fingerprint density at radius 2 is 1.72 bits per heavy atom. The number of hydrogen-bond donors (Lipinski definition) is 3. The van der Waals surface area contributed by atoms with Gasteiger partial charge in [0.2, 0.25) is 0 Å². The summed E-state index contributed by atoms with van der Waals surface area (Å²) in [6.07, 6.45) is 0. The lowest BCUT2D eigenvalue weighted by Gasteiger charge is -2.22. The molecule has 1 amide bonds. The molecule has 1 unspecified atom stereocenters. The van der Waals surface area contributed by atoms with E-state index in [0.717, 1.165) is 16.3 Å². The molecule has 0 fully saturated rings. The van der Waals surface area contributed by atoms with Crippen molar-refractivity contribution in [2.24, 2.45) is 11.7 Å². The minimum absolute atomic E-state index is 0.114. The number of phenols is 1. The second kappa shape index (κ2) is 8.53. The zero-order valence-electron chi connectivity index (χ0n) is 16.6. The van der Waals surface area contributed by atoms with E-state index in [1.807, 2.05) is 44.2 Å². The molecule has 3 aromatic carbocycles. The second-order valence-electron chi connectivity index (χ2n) is 7.28. The van der Waals surface area contributed by atoms with Crippen LogP contribution < -0.4 is 11.1 Å². The standard InChI is InChI=1S/C25H24N2O2/c1-16(2)24(17(3)26)27-25(29)23-15-11-19-6-4-5-7-21(19)22(23)14-10-18-8-12-20(28)13-9-18/h4-9,11-13,15-16,24,28H,3,26H2,1-2H3,(H,27,29). The van der Waals surface area contributed by atoms with Crippen LogP contribution in [-0.2, 0) is 0 Å². The van der Waals surface area contributed by atoms with Gasteiger partial charge in [0.05, 0.1) is 11.6 Å². The topological polar surface area (TPSA) is 75.3 Å². The van der Waals surface area contributed by atoms with Crippen LogP contribution in [0.5, 0.6) is 5.75 Å². The van der Waals surface area contributed by atoms with Gasteiger partial charge in [-0.2, -0.15) is 0 Å². The van der Waals surface area contributed by atoms with Crippen LogP contribution in [-0.4, -0.2) is 17.1 Å². The van der Waals surface area contributed by atoms with Gasteiger partial charge in [-0.25, -0.2) is 0 Å². The summed E-state index contributed by atoms with van der Waals surface area (Å²) >= 11 is 0. The molecule has 0 spiro atoms. The largest absolute Gasteiger partial charge is 0.508 e. The van der Waals surface area contributed by atoms with E-state index in [1.165, 1.54) is 0 Å². The number of carbonyl (C=O) groups excluding carboxylic acids is 1. The fourth-order valence-electron chi connectivity index (χ4n) is 3.18. The molecule has 0 aliphatic carbocycles. The number of carbonyl (C=O) groups is 1. The Morgan fingerprint density at radius 1 is 1.03 bits per heavy atom. The van der Waals surface area contributed by atoms with Crippen LogP contribution in [0.2, 0.25) is 0 Å². The van der Waals surface area contributed by atoms with Gasteiger partial charge in [-0.1, -0.05) is 62.6 Å². The molecule has 4 heteroatoms. The number of rotatable bonds is 4. The highest BCUT2D eigenvalue weighted by Crippen LogP contribution is 2.23. The van der Waals surface area contributed by atoms with E-state index < -0.39 is 0 Å². The van der Waals surface area contributed by atoms with E-state index in [0.29, 0.717) is 16.8 Å². The highest BCUT2D eigenvalue weighted by atomic mass is 16.3. The van der Waals surface area contributed by atoms with Crippen molar-refractivity contribution in [2.75, 3.05) is 0 Å². The number of nitrogens with one attached hydrogen (secondary N) is 1. The molecule has 0 heterocycles. The van der Waals surface area contributed by atoms with E-state index >= 15 is 0 Å². The molecule has 0 bridgehead atoms. The molecule has 1 atom stereocenters. The molecule has 146 valence electrons. The molecule has 0 radical (unpaired) electrons. The average molecular weight is 384 g/mol. The molecule has 4 N–H and O–H groups in total. The summed E-state index contributed by atoms with van der Waals surface area (Å²) in [5, 5.41) is 14.3. The summed E-state index contributed by atoms with van der Waals surface area (Å²) in [7, 11) is 0. The minimum Gasteiger partial charge on any atom is -0.508 e. The van der Waals surface area contributed by atoms with Crippen LogP contribution in [0.1, 0.15) is 35.3 Å². The molecule has 29 heavy (non-hydrogen) atoms. The van der Waals surface area contributed by atoms with Crippen molar-refractivity contribution < 1.29 is 9.90 Å². The van der Waals surface area contributed by atoms with Gasteiger partial charge in [0.1, 0.15) is 5.75 Å². The van der Waals surface area contributed by atoms with Crippen molar-refractivity contribution in [3.8, 4) is 17.6 Å². The van der Waals surface area contributed by atoms with E-state index in [1.54, 1.807) is 30.3 Å². The summed E-state index contributed by atoms with van der Waals surface area (Å²) in [5.74, 6) is 6.31. The maximum atomic E-state index is 13.1. The first-order valence-electron chi connectivity index (χ1n) is 9.44. The van der Waals surface area contributed by atoms with Gasteiger partial charge >= 0.3 is 0 Å². The second-order valence-corrected chi connectivity index (χ2v) is 7.28. The normalized spacial score (nSPS) is 11.6. The average Bonchev–Trinajstić information content (AvgIpc) is 2.70. The summed E-state index contributed by atoms with van der Waals surface area (Å²) in [5.41, 5.74) is 8.19. The zero-order chi connectivity index (χ0) is 21.0. The van der Waals surface area contributed by atoms with E-state index in [2.05, 4.69) is 23.7 Å². The molecular formula is C25H24N2O2. The number of fused-ring (bicyclic) bond motifs is 1. The third-order valence-corrected chi connectivity index (χ3v) is 4.73. The van der Waals surface area contributed by atoms with E-state index in [-0.39, 0.29) is 23.6 Å². The molecule has 0 aromatic heterocycles. The maximum absolute atomic E-state index is 13.1. The van der Waals surface area contributed by atoms with Gasteiger partial charge in [0, 0.05) is 16.8 Å². The maximum Gasteiger partial charge on any atom is 0.253 e. The fraction of sp³-hybridized carbons (Fsp3) is 0.160. The Hall–Kier alpha value is -3.71. The molecule has 0 aliphatic heterocycles. The molecule has 3 rings (SSSR count). The van der Waals surface area contributed by atoms with Gasteiger partial charge < -0.3 is 16.2 Å². The fourth-order valence-corrected chi connectivity index (χ4v) is 3.18. The van der Waals surface area contributed by atoms with Gasteiger partial charge in [0.15, 0.2) is 0 Å². The van der Waals surface area contributed by atoms with E-state index in [4.69, 9.17) is 5.73 Å². The third kappa shape index (κ3) is 4.59. The van der Waals surface area contributed by atoms with Crippen molar-refractivity contribution in [1.82, 2.24) is 5.32 Å². The van der Waals surface area contributed by atoms with Crippen LogP contribution in [0.4, 0.5) is 0 Å². The molecule has 4 nitrogen and oxygen atoms in total. The SMILES string of the molecule is C=C(N)C(NC(=O)c1ccc2ccccc2c1C#Cc1ccc(O)cc1)C(C)C. The van der Waals surface area contributed by atoms with Crippen molar-refractivity contribution in [3.05, 3.63) is 89.6 Å². The number of nitrogens with two attached hydrogens (primary N) is 1. The van der Waals surface area contributed by atoms with Gasteiger partial charge in [-0.15, -0.1) is 0 Å². The lowest BCUT2D eigenvalue weighted by Crippen LogP contribution is -2.42. The van der Waals surface area contributed by atoms with Crippen LogP contribution in [0.25, 0.3) is 10.8 Å². The Labute approximate surface area is 171 Å². The first-order chi connectivity index (χ1) is 13.9. The Morgan fingerprint density at radius 3 is 2.38 bits per heavy atom. The molecule has 0 saturated carbocycles. The highest BCUT2D eigenvalue weighted by Gasteiger charge is 2.20. The summed E-state index contributed by atoms with van der Waals surface area (Å²) in [4.78, 5) is 13.1. The zero-order valence-corrected chi connectivity index (χ0v) is 16.6. The van der Waals surface area contributed by atoms with Crippen molar-refractivity contribution in [3.63, 3.8) is 0 Å². The Kier molecular flexibility index (Phi) is 5.90. The quantitative estimate of drug-likeness (QED) is 0.591. The summed E-state index contributed by atoms with van der Waals surface area (Å²) in [6.45, 7) is 7.76.